The lowest BCUT2D eigenvalue weighted by atomic mass is 10.2. The Labute approximate surface area is 167 Å². The highest BCUT2D eigenvalue weighted by Crippen LogP contribution is 2.20. The molecule has 1 saturated heterocycles. The van der Waals surface area contributed by atoms with Gasteiger partial charge in [0.05, 0.1) is 24.7 Å². The van der Waals surface area contributed by atoms with Gasteiger partial charge >= 0.3 is 0 Å². The fourth-order valence-electron chi connectivity index (χ4n) is 2.77. The minimum Gasteiger partial charge on any atom is -0.379 e. The molecule has 3 rings (SSSR count). The second kappa shape index (κ2) is 9.12. The van der Waals surface area contributed by atoms with E-state index in [4.69, 9.17) is 4.74 Å². The van der Waals surface area contributed by atoms with Crippen molar-refractivity contribution in [3.8, 4) is 0 Å². The minimum absolute atomic E-state index is 0.0565. The number of nitrogens with one attached hydrogen (secondary N) is 2. The van der Waals surface area contributed by atoms with Gasteiger partial charge in [0, 0.05) is 24.3 Å². The molecule has 0 saturated carbocycles. The van der Waals surface area contributed by atoms with Crippen molar-refractivity contribution in [2.24, 2.45) is 0 Å². The Morgan fingerprint density at radius 2 is 1.79 bits per heavy atom. The molecule has 0 bridgehead atoms. The lowest BCUT2D eigenvalue weighted by molar-refractivity contribution is -0.115. The van der Waals surface area contributed by atoms with E-state index in [2.05, 4.69) is 10.6 Å². The van der Waals surface area contributed by atoms with Crippen LogP contribution in [0.1, 0.15) is 10.4 Å². The fraction of sp³-hybridized carbons (Fsp3) is 0.263. The molecule has 29 heavy (non-hydrogen) atoms. The summed E-state index contributed by atoms with van der Waals surface area (Å²) >= 11 is 0. The maximum atomic E-state index is 13.2. The van der Waals surface area contributed by atoms with Gasteiger partial charge in [0.1, 0.15) is 5.82 Å². The highest BCUT2D eigenvalue weighted by Gasteiger charge is 2.26. The predicted octanol–water partition coefficient (Wildman–Crippen LogP) is 1.22. The lowest BCUT2D eigenvalue weighted by Gasteiger charge is -2.26. The summed E-state index contributed by atoms with van der Waals surface area (Å²) in [4.78, 5) is 24.1. The summed E-state index contributed by atoms with van der Waals surface area (Å²) in [5.74, 6) is -1.70. The van der Waals surface area contributed by atoms with Crippen LogP contribution in [0.4, 0.5) is 10.1 Å². The van der Waals surface area contributed by atoms with E-state index in [1.54, 1.807) is 6.07 Å². The Bertz CT molecular complexity index is 1010. The van der Waals surface area contributed by atoms with Gasteiger partial charge in [-0.1, -0.05) is 12.1 Å². The Morgan fingerprint density at radius 3 is 2.52 bits per heavy atom. The van der Waals surface area contributed by atoms with Crippen LogP contribution < -0.4 is 10.6 Å². The number of nitrogens with zero attached hydrogens (tertiary/aromatic N) is 1. The van der Waals surface area contributed by atoms with Gasteiger partial charge in [-0.3, -0.25) is 9.59 Å². The number of carbonyl (C=O) groups excluding carboxylic acids is 2. The molecule has 0 radical (unpaired) electrons. The number of rotatable bonds is 6. The number of halogens is 1. The normalized spacial score (nSPS) is 14.9. The average Bonchev–Trinajstić information content (AvgIpc) is 2.73. The third-order valence-corrected chi connectivity index (χ3v) is 6.12. The smallest absolute Gasteiger partial charge is 0.251 e. The number of anilines is 1. The number of hydrogen-bond acceptors (Lipinski definition) is 5. The van der Waals surface area contributed by atoms with Crippen LogP contribution in [-0.2, 0) is 19.6 Å². The average molecular weight is 421 g/mol. The molecule has 1 aliphatic rings. The molecule has 154 valence electrons. The fourth-order valence-corrected chi connectivity index (χ4v) is 4.22. The third kappa shape index (κ3) is 5.37. The summed E-state index contributed by atoms with van der Waals surface area (Å²) in [7, 11) is -3.69. The molecule has 0 spiro atoms. The van der Waals surface area contributed by atoms with E-state index in [0.717, 1.165) is 6.07 Å². The summed E-state index contributed by atoms with van der Waals surface area (Å²) in [6.45, 7) is 0.854. The Hall–Kier alpha value is -2.82. The quantitative estimate of drug-likeness (QED) is 0.730. The second-order valence-electron chi connectivity index (χ2n) is 6.29. The van der Waals surface area contributed by atoms with Crippen molar-refractivity contribution < 1.29 is 27.1 Å². The van der Waals surface area contributed by atoms with E-state index in [1.165, 1.54) is 40.7 Å². The van der Waals surface area contributed by atoms with Crippen molar-refractivity contribution in [3.05, 3.63) is 59.9 Å². The predicted molar refractivity (Wildman–Crippen MR) is 103 cm³/mol. The minimum atomic E-state index is -3.69. The first kappa shape index (κ1) is 20.9. The summed E-state index contributed by atoms with van der Waals surface area (Å²) in [5, 5.41) is 4.92. The van der Waals surface area contributed by atoms with Crippen LogP contribution in [0.15, 0.2) is 53.4 Å². The van der Waals surface area contributed by atoms with Crippen molar-refractivity contribution in [2.45, 2.75) is 4.90 Å². The molecule has 0 aliphatic carbocycles. The number of carbonyl (C=O) groups is 2. The molecule has 1 heterocycles. The monoisotopic (exact) mass is 421 g/mol. The Morgan fingerprint density at radius 1 is 1.07 bits per heavy atom. The summed E-state index contributed by atoms with van der Waals surface area (Å²) in [6.07, 6.45) is 0. The molecule has 2 N–H and O–H groups in total. The van der Waals surface area contributed by atoms with Gasteiger partial charge in [-0.25, -0.2) is 12.8 Å². The highest BCUT2D eigenvalue weighted by molar-refractivity contribution is 7.89. The number of hydrogen-bond donors (Lipinski definition) is 2. The molecule has 2 amide bonds. The molecule has 2 aromatic rings. The molecule has 0 aromatic heterocycles. The van der Waals surface area contributed by atoms with E-state index < -0.39 is 27.7 Å². The maximum Gasteiger partial charge on any atom is 0.251 e. The molecule has 2 aromatic carbocycles. The highest BCUT2D eigenvalue weighted by atomic mass is 32.2. The van der Waals surface area contributed by atoms with Gasteiger partial charge in [-0.2, -0.15) is 4.31 Å². The number of morpholine rings is 1. The van der Waals surface area contributed by atoms with E-state index in [9.17, 15) is 22.4 Å². The van der Waals surface area contributed by atoms with Gasteiger partial charge in [-0.15, -0.1) is 0 Å². The Balaban J connectivity index is 1.61. The standard InChI is InChI=1S/C19H20FN3O5S/c20-15-4-1-3-14(11-15)19(25)21-13-18(24)22-16-5-2-6-17(12-16)29(26,27)23-7-9-28-10-8-23/h1-6,11-12H,7-10,13H2,(H,21,25)(H,22,24). The van der Waals surface area contributed by atoms with Crippen molar-refractivity contribution in [1.82, 2.24) is 9.62 Å². The molecule has 10 heteroatoms. The molecular formula is C19H20FN3O5S. The van der Waals surface area contributed by atoms with Gasteiger partial charge in [0.15, 0.2) is 0 Å². The van der Waals surface area contributed by atoms with Gasteiger partial charge < -0.3 is 15.4 Å². The molecular weight excluding hydrogens is 401 g/mol. The van der Waals surface area contributed by atoms with E-state index >= 15 is 0 Å². The number of ether oxygens (including phenoxy) is 1. The summed E-state index contributed by atoms with van der Waals surface area (Å²) in [5.41, 5.74) is 0.376. The van der Waals surface area contributed by atoms with Gasteiger partial charge in [-0.05, 0) is 36.4 Å². The van der Waals surface area contributed by atoms with Crippen LogP contribution >= 0.6 is 0 Å². The van der Waals surface area contributed by atoms with Crippen LogP contribution in [0, 0.1) is 5.82 Å². The van der Waals surface area contributed by atoms with Crippen molar-refractivity contribution in [3.63, 3.8) is 0 Å². The summed E-state index contributed by atoms with van der Waals surface area (Å²) < 4.78 is 45.1. The van der Waals surface area contributed by atoms with Gasteiger partial charge in [0.25, 0.3) is 5.91 Å². The number of benzene rings is 2. The number of sulfonamides is 1. The molecule has 8 nitrogen and oxygen atoms in total. The zero-order valence-electron chi connectivity index (χ0n) is 15.4. The molecule has 0 unspecified atom stereocenters. The zero-order valence-corrected chi connectivity index (χ0v) is 16.2. The molecule has 1 aliphatic heterocycles. The Kier molecular flexibility index (Phi) is 6.57. The van der Waals surface area contributed by atoms with Crippen LogP contribution in [0.5, 0.6) is 0 Å². The van der Waals surface area contributed by atoms with Crippen molar-refractivity contribution in [2.75, 3.05) is 38.2 Å². The van der Waals surface area contributed by atoms with Crippen LogP contribution in [0.3, 0.4) is 0 Å². The second-order valence-corrected chi connectivity index (χ2v) is 8.22. The molecule has 0 atom stereocenters. The largest absolute Gasteiger partial charge is 0.379 e. The maximum absolute atomic E-state index is 13.2. The lowest BCUT2D eigenvalue weighted by Crippen LogP contribution is -2.40. The van der Waals surface area contributed by atoms with E-state index in [0.29, 0.717) is 13.2 Å². The van der Waals surface area contributed by atoms with E-state index in [-0.39, 0.29) is 35.8 Å². The molecule has 1 fully saturated rings. The number of amides is 2. The van der Waals surface area contributed by atoms with Crippen LogP contribution in [0.25, 0.3) is 0 Å². The third-order valence-electron chi connectivity index (χ3n) is 4.22. The summed E-state index contributed by atoms with van der Waals surface area (Å²) in [6, 6.07) is 11.0. The first-order valence-corrected chi connectivity index (χ1v) is 10.3. The van der Waals surface area contributed by atoms with Crippen molar-refractivity contribution >= 4 is 27.5 Å². The van der Waals surface area contributed by atoms with Crippen LogP contribution in [-0.4, -0.2) is 57.4 Å². The zero-order chi connectivity index (χ0) is 20.9. The first-order valence-electron chi connectivity index (χ1n) is 8.88. The van der Waals surface area contributed by atoms with E-state index in [1.807, 2.05) is 0 Å². The van der Waals surface area contributed by atoms with Gasteiger partial charge in [0.2, 0.25) is 15.9 Å². The van der Waals surface area contributed by atoms with Crippen LogP contribution in [0.2, 0.25) is 0 Å². The SMILES string of the molecule is O=C(CNC(=O)c1cccc(F)c1)Nc1cccc(S(=O)(=O)N2CCOCC2)c1. The first-order chi connectivity index (χ1) is 13.9. The topological polar surface area (TPSA) is 105 Å². The van der Waals surface area contributed by atoms with Crippen molar-refractivity contribution in [1.29, 1.82) is 0 Å².